The van der Waals surface area contributed by atoms with Crippen molar-refractivity contribution in [2.75, 3.05) is 4.90 Å². The third-order valence-electron chi connectivity index (χ3n) is 4.63. The fraction of sp³-hybridized carbons (Fsp3) is 0.333. The van der Waals surface area contributed by atoms with E-state index in [0.717, 1.165) is 4.90 Å². The number of imide groups is 1. The van der Waals surface area contributed by atoms with E-state index in [-0.39, 0.29) is 23.2 Å². The molecule has 2 saturated heterocycles. The second-order valence-corrected chi connectivity index (χ2v) is 5.92. The number of anilines is 1. The fourth-order valence-corrected chi connectivity index (χ4v) is 3.65. The molecular weight excluding hydrogens is 288 g/mol. The van der Waals surface area contributed by atoms with Crippen molar-refractivity contribution in [3.63, 3.8) is 0 Å². The molecule has 2 amide bonds. The SMILES string of the molecule is C[C@]12C=C[C@@H](O1)[C@H]1C(=O)N(c3cccc([N+](=O)[O-])c3)C(=O)[C@@H]12. The van der Waals surface area contributed by atoms with Gasteiger partial charge in [-0.3, -0.25) is 19.7 Å². The Hall–Kier alpha value is -2.54. The maximum absolute atomic E-state index is 12.7. The Balaban J connectivity index is 1.77. The molecule has 4 rings (SSSR count). The van der Waals surface area contributed by atoms with E-state index < -0.39 is 28.5 Å². The highest BCUT2D eigenvalue weighted by Crippen LogP contribution is 2.52. The lowest BCUT2D eigenvalue weighted by molar-refractivity contribution is -0.384. The summed E-state index contributed by atoms with van der Waals surface area (Å²) in [7, 11) is 0. The van der Waals surface area contributed by atoms with Crippen LogP contribution < -0.4 is 4.90 Å². The van der Waals surface area contributed by atoms with Gasteiger partial charge in [0.25, 0.3) is 5.69 Å². The highest BCUT2D eigenvalue weighted by molar-refractivity contribution is 6.23. The van der Waals surface area contributed by atoms with Gasteiger partial charge in [0, 0.05) is 12.1 Å². The van der Waals surface area contributed by atoms with Gasteiger partial charge in [-0.05, 0) is 13.0 Å². The zero-order chi connectivity index (χ0) is 15.6. The summed E-state index contributed by atoms with van der Waals surface area (Å²) >= 11 is 0. The normalized spacial score (nSPS) is 35.3. The van der Waals surface area contributed by atoms with Gasteiger partial charge in [0.2, 0.25) is 11.8 Å². The van der Waals surface area contributed by atoms with Crippen LogP contribution >= 0.6 is 0 Å². The number of non-ortho nitro benzene ring substituents is 1. The van der Waals surface area contributed by atoms with E-state index in [4.69, 9.17) is 4.74 Å². The lowest BCUT2D eigenvalue weighted by Gasteiger charge is -2.24. The van der Waals surface area contributed by atoms with E-state index in [1.807, 2.05) is 12.2 Å². The first-order chi connectivity index (χ1) is 10.4. The number of hydrogen-bond donors (Lipinski definition) is 0. The summed E-state index contributed by atoms with van der Waals surface area (Å²) in [6.07, 6.45) is 3.24. The van der Waals surface area contributed by atoms with Crippen LogP contribution in [0.15, 0.2) is 36.4 Å². The Morgan fingerprint density at radius 1 is 1.32 bits per heavy atom. The average molecular weight is 300 g/mol. The van der Waals surface area contributed by atoms with E-state index in [9.17, 15) is 19.7 Å². The monoisotopic (exact) mass is 300 g/mol. The molecule has 2 bridgehead atoms. The molecule has 3 aliphatic heterocycles. The van der Waals surface area contributed by atoms with E-state index in [1.165, 1.54) is 24.3 Å². The van der Waals surface area contributed by atoms with Crippen LogP contribution in [0.3, 0.4) is 0 Å². The number of hydrogen-bond acceptors (Lipinski definition) is 5. The minimum absolute atomic E-state index is 0.154. The number of nitrogens with zero attached hydrogens (tertiary/aromatic N) is 2. The van der Waals surface area contributed by atoms with Crippen LogP contribution in [-0.4, -0.2) is 28.4 Å². The largest absolute Gasteiger partial charge is 0.362 e. The van der Waals surface area contributed by atoms with Gasteiger partial charge >= 0.3 is 0 Å². The highest BCUT2D eigenvalue weighted by Gasteiger charge is 2.66. The maximum Gasteiger partial charge on any atom is 0.271 e. The predicted octanol–water partition coefficient (Wildman–Crippen LogP) is 1.43. The molecule has 112 valence electrons. The third kappa shape index (κ3) is 1.48. The smallest absolute Gasteiger partial charge is 0.271 e. The number of ether oxygens (including phenoxy) is 1. The first-order valence-corrected chi connectivity index (χ1v) is 6.92. The first kappa shape index (κ1) is 13.1. The summed E-state index contributed by atoms with van der Waals surface area (Å²) < 4.78 is 5.73. The van der Waals surface area contributed by atoms with Crippen molar-refractivity contribution in [2.45, 2.75) is 18.6 Å². The lowest BCUT2D eigenvalue weighted by Crippen LogP contribution is -2.38. The van der Waals surface area contributed by atoms with Crippen molar-refractivity contribution in [3.8, 4) is 0 Å². The molecule has 0 radical (unpaired) electrons. The zero-order valence-electron chi connectivity index (χ0n) is 11.6. The van der Waals surface area contributed by atoms with Gasteiger partial charge in [0.1, 0.15) is 0 Å². The molecule has 3 heterocycles. The predicted molar refractivity (Wildman–Crippen MR) is 75.0 cm³/mol. The summed E-state index contributed by atoms with van der Waals surface area (Å²) in [5, 5.41) is 10.9. The molecule has 7 heteroatoms. The van der Waals surface area contributed by atoms with Crippen LogP contribution in [0, 0.1) is 22.0 Å². The van der Waals surface area contributed by atoms with Gasteiger partial charge in [-0.25, -0.2) is 4.90 Å². The topological polar surface area (TPSA) is 89.8 Å². The Labute approximate surface area is 125 Å². The number of nitro groups is 1. The second-order valence-electron chi connectivity index (χ2n) is 5.92. The maximum atomic E-state index is 12.7. The number of nitro benzene ring substituents is 1. The summed E-state index contributed by atoms with van der Waals surface area (Å²) in [6, 6.07) is 5.57. The fourth-order valence-electron chi connectivity index (χ4n) is 3.65. The molecule has 1 aromatic carbocycles. The van der Waals surface area contributed by atoms with Crippen molar-refractivity contribution in [1.82, 2.24) is 0 Å². The van der Waals surface area contributed by atoms with Gasteiger partial charge in [-0.15, -0.1) is 0 Å². The van der Waals surface area contributed by atoms with Gasteiger partial charge in [0.05, 0.1) is 34.2 Å². The number of benzene rings is 1. The molecule has 0 spiro atoms. The number of carbonyl (C=O) groups excluding carboxylic acids is 2. The van der Waals surface area contributed by atoms with Crippen molar-refractivity contribution >= 4 is 23.2 Å². The zero-order valence-corrected chi connectivity index (χ0v) is 11.6. The van der Waals surface area contributed by atoms with Gasteiger partial charge in [-0.1, -0.05) is 18.2 Å². The molecule has 0 saturated carbocycles. The Kier molecular flexibility index (Phi) is 2.40. The molecule has 0 N–H and O–H groups in total. The van der Waals surface area contributed by atoms with Crippen molar-refractivity contribution in [2.24, 2.45) is 11.8 Å². The lowest BCUT2D eigenvalue weighted by atomic mass is 9.78. The summed E-state index contributed by atoms with van der Waals surface area (Å²) in [5.41, 5.74) is -0.683. The van der Waals surface area contributed by atoms with Crippen LogP contribution in [0.5, 0.6) is 0 Å². The summed E-state index contributed by atoms with van der Waals surface area (Å²) in [5.74, 6) is -1.81. The Morgan fingerprint density at radius 2 is 2.09 bits per heavy atom. The van der Waals surface area contributed by atoms with Crippen LogP contribution in [0.25, 0.3) is 0 Å². The van der Waals surface area contributed by atoms with E-state index in [0.29, 0.717) is 0 Å². The number of fused-ring (bicyclic) bond motifs is 5. The standard InChI is InChI=1S/C15H12N2O5/c1-15-6-5-10(22-15)11-12(15)14(19)16(13(11)18)8-3-2-4-9(7-8)17(20)21/h2-7,10-12H,1H3/t10-,11-,12-,15-/m1/s1. The minimum Gasteiger partial charge on any atom is -0.362 e. The van der Waals surface area contributed by atoms with Crippen LogP contribution in [0.1, 0.15) is 6.92 Å². The molecule has 4 atom stereocenters. The molecule has 2 fully saturated rings. The van der Waals surface area contributed by atoms with E-state index in [2.05, 4.69) is 0 Å². The average Bonchev–Trinajstić information content (AvgIpc) is 3.08. The first-order valence-electron chi connectivity index (χ1n) is 6.92. The molecule has 0 unspecified atom stereocenters. The van der Waals surface area contributed by atoms with Crippen LogP contribution in [0.2, 0.25) is 0 Å². The molecule has 7 nitrogen and oxygen atoms in total. The molecular formula is C15H12N2O5. The third-order valence-corrected chi connectivity index (χ3v) is 4.63. The minimum atomic E-state index is -0.766. The van der Waals surface area contributed by atoms with Gasteiger partial charge in [0.15, 0.2) is 0 Å². The van der Waals surface area contributed by atoms with Gasteiger partial charge < -0.3 is 4.74 Å². The number of carbonyl (C=O) groups is 2. The van der Waals surface area contributed by atoms with Crippen molar-refractivity contribution < 1.29 is 19.2 Å². The summed E-state index contributed by atoms with van der Waals surface area (Å²) in [6.45, 7) is 1.79. The quantitative estimate of drug-likeness (QED) is 0.357. The van der Waals surface area contributed by atoms with Crippen molar-refractivity contribution in [1.29, 1.82) is 0 Å². The number of amides is 2. The molecule has 1 aromatic rings. The van der Waals surface area contributed by atoms with Crippen molar-refractivity contribution in [3.05, 3.63) is 46.5 Å². The molecule has 0 aromatic heterocycles. The Morgan fingerprint density at radius 3 is 2.77 bits per heavy atom. The highest BCUT2D eigenvalue weighted by atomic mass is 16.6. The molecule has 3 aliphatic rings. The second kappa shape index (κ2) is 4.01. The Bertz CT molecular complexity index is 758. The van der Waals surface area contributed by atoms with Crippen LogP contribution in [-0.2, 0) is 14.3 Å². The van der Waals surface area contributed by atoms with Crippen LogP contribution in [0.4, 0.5) is 11.4 Å². The molecule has 22 heavy (non-hydrogen) atoms. The number of rotatable bonds is 2. The summed E-state index contributed by atoms with van der Waals surface area (Å²) in [4.78, 5) is 36.7. The molecule has 0 aliphatic carbocycles. The van der Waals surface area contributed by atoms with Gasteiger partial charge in [-0.2, -0.15) is 0 Å². The van der Waals surface area contributed by atoms with E-state index >= 15 is 0 Å². The van der Waals surface area contributed by atoms with E-state index in [1.54, 1.807) is 6.92 Å².